The number of fused-ring (bicyclic) bond motifs is 1. The predicted molar refractivity (Wildman–Crippen MR) is 133 cm³/mol. The van der Waals surface area contributed by atoms with Crippen LogP contribution >= 0.6 is 11.8 Å². The summed E-state index contributed by atoms with van der Waals surface area (Å²) in [6.07, 6.45) is 5.20. The van der Waals surface area contributed by atoms with Gasteiger partial charge in [-0.1, -0.05) is 0 Å². The van der Waals surface area contributed by atoms with Gasteiger partial charge < -0.3 is 19.8 Å². The van der Waals surface area contributed by atoms with E-state index < -0.39 is 6.10 Å². The van der Waals surface area contributed by atoms with Gasteiger partial charge >= 0.3 is 0 Å². The molecular weight excluding hydrogens is 453 g/mol. The molecule has 0 aliphatic carbocycles. The first-order valence-electron chi connectivity index (χ1n) is 11.8. The number of aliphatic hydroxyl groups is 2. The minimum atomic E-state index is -0.598. The van der Waals surface area contributed by atoms with Crippen molar-refractivity contribution >= 4 is 22.7 Å². The van der Waals surface area contributed by atoms with Gasteiger partial charge in [-0.2, -0.15) is 0 Å². The molecule has 182 valence electrons. The number of ether oxygens (including phenoxy) is 1. The van der Waals surface area contributed by atoms with Gasteiger partial charge in [0.25, 0.3) is 0 Å². The molecule has 0 saturated carbocycles. The Morgan fingerprint density at radius 3 is 2.88 bits per heavy atom. The third-order valence-corrected chi connectivity index (χ3v) is 7.69. The highest BCUT2D eigenvalue weighted by molar-refractivity contribution is 7.99. The van der Waals surface area contributed by atoms with E-state index in [4.69, 9.17) is 4.74 Å². The van der Waals surface area contributed by atoms with Gasteiger partial charge in [0, 0.05) is 43.2 Å². The largest absolute Gasteiger partial charge is 0.497 e. The fourth-order valence-corrected chi connectivity index (χ4v) is 5.67. The first kappa shape index (κ1) is 24.9. The van der Waals surface area contributed by atoms with Crippen LogP contribution in [-0.2, 0) is 0 Å². The Balaban J connectivity index is 1.30. The number of aliphatic hydroxyl groups excluding tert-OH is 2. The average Bonchev–Trinajstić information content (AvgIpc) is 2.88. The van der Waals surface area contributed by atoms with Crippen LogP contribution in [0, 0.1) is 17.7 Å². The minimum Gasteiger partial charge on any atom is -0.497 e. The maximum Gasteiger partial charge on any atom is 0.155 e. The second-order valence-electron chi connectivity index (χ2n) is 8.81. The summed E-state index contributed by atoms with van der Waals surface area (Å²) in [7, 11) is 1.63. The Morgan fingerprint density at radius 1 is 1.21 bits per heavy atom. The number of thioether (sulfide) groups is 1. The molecule has 0 spiro atoms. The van der Waals surface area contributed by atoms with Gasteiger partial charge in [-0.25, -0.2) is 9.37 Å². The third kappa shape index (κ3) is 6.05. The van der Waals surface area contributed by atoms with Crippen molar-refractivity contribution in [3.63, 3.8) is 0 Å². The van der Waals surface area contributed by atoms with Gasteiger partial charge in [-0.15, -0.1) is 11.8 Å². The molecule has 3 heterocycles. The summed E-state index contributed by atoms with van der Waals surface area (Å²) in [6.45, 7) is 2.72. The monoisotopic (exact) mass is 485 g/mol. The zero-order valence-electron chi connectivity index (χ0n) is 19.4. The number of halogens is 1. The Morgan fingerprint density at radius 2 is 2.09 bits per heavy atom. The molecule has 0 amide bonds. The summed E-state index contributed by atoms with van der Waals surface area (Å²) in [5.74, 6) is 1.75. The Bertz CT molecular complexity index is 1090. The molecule has 4 rings (SSSR count). The molecule has 8 heteroatoms. The van der Waals surface area contributed by atoms with Crippen molar-refractivity contribution in [3.8, 4) is 5.75 Å². The van der Waals surface area contributed by atoms with Gasteiger partial charge in [0.15, 0.2) is 5.82 Å². The number of hydrogen-bond donors (Lipinski definition) is 2. The standard InChI is InChI=1S/C26H32FN3O3S/c1-33-20-5-6-24-22(15-20)21(8-11-28-24)25(32)7-4-18-9-12-30(16-19(18)17-31)13-14-34-26-23(27)3-2-10-29-26/h2-3,5-6,8,10-11,15,18-19,25,31-32H,4,7,9,12-14,16-17H2,1H3/t18-,19-,25?/m1/s1. The lowest BCUT2D eigenvalue weighted by Gasteiger charge is -2.38. The lowest BCUT2D eigenvalue weighted by molar-refractivity contribution is 0.0608. The zero-order valence-corrected chi connectivity index (χ0v) is 20.3. The van der Waals surface area contributed by atoms with E-state index in [0.717, 1.165) is 60.4 Å². The van der Waals surface area contributed by atoms with Crippen molar-refractivity contribution in [2.75, 3.05) is 39.1 Å². The fourth-order valence-electron chi connectivity index (χ4n) is 4.79. The number of likely N-dealkylation sites (tertiary alicyclic amines) is 1. The molecule has 1 aliphatic heterocycles. The maximum absolute atomic E-state index is 13.8. The SMILES string of the molecule is COc1ccc2nccc(C(O)CC[C@@H]3CCN(CCSc4ncccc4F)C[C@@H]3CO)c2c1. The summed E-state index contributed by atoms with van der Waals surface area (Å²) in [4.78, 5) is 10.8. The van der Waals surface area contributed by atoms with Crippen LogP contribution in [0.4, 0.5) is 4.39 Å². The van der Waals surface area contributed by atoms with E-state index in [-0.39, 0.29) is 18.3 Å². The molecule has 2 aromatic heterocycles. The quantitative estimate of drug-likeness (QED) is 0.414. The summed E-state index contributed by atoms with van der Waals surface area (Å²) in [5.41, 5.74) is 1.70. The van der Waals surface area contributed by atoms with E-state index in [9.17, 15) is 14.6 Å². The first-order valence-corrected chi connectivity index (χ1v) is 12.7. The molecule has 0 bridgehead atoms. The third-order valence-electron chi connectivity index (χ3n) is 6.73. The molecule has 3 atom stereocenters. The summed E-state index contributed by atoms with van der Waals surface area (Å²) >= 11 is 1.43. The van der Waals surface area contributed by atoms with Gasteiger partial charge in [0.1, 0.15) is 10.8 Å². The molecule has 1 fully saturated rings. The number of benzene rings is 1. The highest BCUT2D eigenvalue weighted by Gasteiger charge is 2.29. The molecule has 0 radical (unpaired) electrons. The van der Waals surface area contributed by atoms with Gasteiger partial charge in [0.2, 0.25) is 0 Å². The lowest BCUT2D eigenvalue weighted by Crippen LogP contribution is -2.43. The van der Waals surface area contributed by atoms with E-state index in [1.807, 2.05) is 24.3 Å². The molecule has 6 nitrogen and oxygen atoms in total. The summed E-state index contributed by atoms with van der Waals surface area (Å²) in [5, 5.41) is 22.4. The molecule has 34 heavy (non-hydrogen) atoms. The Labute approximate surface area is 204 Å². The number of rotatable bonds is 10. The molecule has 1 unspecified atom stereocenters. The van der Waals surface area contributed by atoms with Crippen LogP contribution in [0.2, 0.25) is 0 Å². The number of piperidine rings is 1. The predicted octanol–water partition coefficient (Wildman–Crippen LogP) is 4.31. The highest BCUT2D eigenvalue weighted by atomic mass is 32.2. The second-order valence-corrected chi connectivity index (χ2v) is 9.89. The van der Waals surface area contributed by atoms with Crippen LogP contribution in [0.3, 0.4) is 0 Å². The van der Waals surface area contributed by atoms with Crippen LogP contribution in [0.5, 0.6) is 5.75 Å². The van der Waals surface area contributed by atoms with Gasteiger partial charge in [0.05, 0.1) is 18.7 Å². The number of nitrogens with zero attached hydrogens (tertiary/aromatic N) is 3. The Hall–Kier alpha value is -2.26. The highest BCUT2D eigenvalue weighted by Crippen LogP contribution is 2.33. The van der Waals surface area contributed by atoms with E-state index in [1.165, 1.54) is 17.8 Å². The summed E-state index contributed by atoms with van der Waals surface area (Å²) < 4.78 is 19.1. The van der Waals surface area contributed by atoms with Crippen molar-refractivity contribution in [2.45, 2.75) is 30.4 Å². The molecule has 1 saturated heterocycles. The van der Waals surface area contributed by atoms with E-state index >= 15 is 0 Å². The van der Waals surface area contributed by atoms with Crippen LogP contribution in [0.25, 0.3) is 10.9 Å². The normalized spacial score (nSPS) is 19.9. The molecule has 1 aromatic carbocycles. The van der Waals surface area contributed by atoms with Gasteiger partial charge in [-0.3, -0.25) is 4.98 Å². The first-order chi connectivity index (χ1) is 16.6. The number of hydrogen-bond acceptors (Lipinski definition) is 7. The maximum atomic E-state index is 13.8. The smallest absolute Gasteiger partial charge is 0.155 e. The average molecular weight is 486 g/mol. The van der Waals surface area contributed by atoms with E-state index in [1.54, 1.807) is 25.6 Å². The van der Waals surface area contributed by atoms with Crippen LogP contribution in [0.15, 0.2) is 53.8 Å². The van der Waals surface area contributed by atoms with Crippen molar-refractivity contribution in [1.82, 2.24) is 14.9 Å². The van der Waals surface area contributed by atoms with Crippen molar-refractivity contribution in [2.24, 2.45) is 11.8 Å². The molecular formula is C26H32FN3O3S. The van der Waals surface area contributed by atoms with E-state index in [0.29, 0.717) is 17.4 Å². The molecule has 3 aromatic rings. The fraction of sp³-hybridized carbons (Fsp3) is 0.462. The molecule has 1 aliphatic rings. The zero-order chi connectivity index (χ0) is 23.9. The molecule has 2 N–H and O–H groups in total. The van der Waals surface area contributed by atoms with Gasteiger partial charge in [-0.05, 0) is 79.6 Å². The number of pyridine rings is 2. The minimum absolute atomic E-state index is 0.134. The van der Waals surface area contributed by atoms with E-state index in [2.05, 4.69) is 14.9 Å². The van der Waals surface area contributed by atoms with Crippen molar-refractivity contribution in [3.05, 3.63) is 60.2 Å². The van der Waals surface area contributed by atoms with Crippen LogP contribution < -0.4 is 4.74 Å². The Kier molecular flexibility index (Phi) is 8.72. The van der Waals surface area contributed by atoms with Crippen molar-refractivity contribution in [1.29, 1.82) is 0 Å². The van der Waals surface area contributed by atoms with Crippen LogP contribution in [-0.4, -0.2) is 64.2 Å². The number of aromatic nitrogens is 2. The number of methoxy groups -OCH3 is 1. The lowest BCUT2D eigenvalue weighted by atomic mass is 9.81. The van der Waals surface area contributed by atoms with Crippen LogP contribution in [0.1, 0.15) is 30.9 Å². The summed E-state index contributed by atoms with van der Waals surface area (Å²) in [6, 6.07) is 10.6. The second kappa shape index (κ2) is 11.9. The van der Waals surface area contributed by atoms with Crippen molar-refractivity contribution < 1.29 is 19.3 Å². The topological polar surface area (TPSA) is 78.7 Å².